The number of aryl methyl sites for hydroxylation is 1. The molecule has 2 aromatic carbocycles. The second-order valence-electron chi connectivity index (χ2n) is 4.88. The maximum atomic E-state index is 10.8. The summed E-state index contributed by atoms with van der Waals surface area (Å²) >= 11 is 0. The maximum absolute atomic E-state index is 10.8. The van der Waals surface area contributed by atoms with Crippen molar-refractivity contribution in [2.45, 2.75) is 19.9 Å². The highest BCUT2D eigenvalue weighted by molar-refractivity contribution is 5.87. The van der Waals surface area contributed by atoms with Gasteiger partial charge in [-0.3, -0.25) is 0 Å². The van der Waals surface area contributed by atoms with Gasteiger partial charge in [-0.05, 0) is 41.8 Å². The zero-order valence-electron chi connectivity index (χ0n) is 11.8. The van der Waals surface area contributed by atoms with Crippen molar-refractivity contribution in [3.8, 4) is 0 Å². The van der Waals surface area contributed by atoms with E-state index in [4.69, 9.17) is 5.11 Å². The average Bonchev–Trinajstić information content (AvgIpc) is 2.48. The number of carboxylic acids is 1. The van der Waals surface area contributed by atoms with Crippen LogP contribution in [0.5, 0.6) is 0 Å². The monoisotopic (exact) mass is 269 g/mol. The van der Waals surface area contributed by atoms with Gasteiger partial charge in [-0.2, -0.15) is 0 Å². The molecular formula is C17H19NO2. The Bertz CT molecular complexity index is 573. The zero-order chi connectivity index (χ0) is 14.5. The van der Waals surface area contributed by atoms with Crippen LogP contribution in [0, 0.1) is 0 Å². The molecule has 0 aromatic heterocycles. The Morgan fingerprint density at radius 1 is 1.00 bits per heavy atom. The number of carboxylic acid groups (broad SMARTS) is 1. The quantitative estimate of drug-likeness (QED) is 0.902. The normalized spacial score (nSPS) is 10.3. The van der Waals surface area contributed by atoms with E-state index in [2.05, 4.69) is 36.1 Å². The van der Waals surface area contributed by atoms with E-state index in [9.17, 15) is 4.79 Å². The van der Waals surface area contributed by atoms with Crippen molar-refractivity contribution in [3.63, 3.8) is 0 Å². The highest BCUT2D eigenvalue weighted by atomic mass is 16.4. The summed E-state index contributed by atoms with van der Waals surface area (Å²) in [6.45, 7) is 2.90. The fraction of sp³-hybridized carbons (Fsp3) is 0.235. The van der Waals surface area contributed by atoms with Crippen molar-refractivity contribution in [3.05, 3.63) is 65.2 Å². The molecule has 0 heterocycles. The van der Waals surface area contributed by atoms with Gasteiger partial charge in [-0.15, -0.1) is 0 Å². The molecule has 0 radical (unpaired) electrons. The third-order valence-electron chi connectivity index (χ3n) is 3.41. The Labute approximate surface area is 119 Å². The summed E-state index contributed by atoms with van der Waals surface area (Å²) in [5.41, 5.74) is 3.90. The van der Waals surface area contributed by atoms with E-state index in [-0.39, 0.29) is 0 Å². The second kappa shape index (κ2) is 6.24. The minimum atomic E-state index is -0.889. The molecule has 0 saturated carbocycles. The van der Waals surface area contributed by atoms with Crippen molar-refractivity contribution in [2.75, 3.05) is 11.9 Å². The first-order valence-electron chi connectivity index (χ1n) is 6.72. The maximum Gasteiger partial charge on any atom is 0.335 e. The van der Waals surface area contributed by atoms with E-state index in [0.29, 0.717) is 5.56 Å². The number of nitrogens with zero attached hydrogens (tertiary/aromatic N) is 1. The summed E-state index contributed by atoms with van der Waals surface area (Å²) in [5.74, 6) is -0.889. The molecule has 2 aromatic rings. The lowest BCUT2D eigenvalue weighted by molar-refractivity contribution is 0.0697. The fourth-order valence-corrected chi connectivity index (χ4v) is 2.10. The Morgan fingerprint density at radius 2 is 1.55 bits per heavy atom. The van der Waals surface area contributed by atoms with E-state index in [1.54, 1.807) is 12.1 Å². The van der Waals surface area contributed by atoms with Gasteiger partial charge in [-0.25, -0.2) is 4.79 Å². The lowest BCUT2D eigenvalue weighted by atomic mass is 10.1. The molecule has 20 heavy (non-hydrogen) atoms. The van der Waals surface area contributed by atoms with Gasteiger partial charge in [0.1, 0.15) is 0 Å². The van der Waals surface area contributed by atoms with Crippen LogP contribution in [0.2, 0.25) is 0 Å². The van der Waals surface area contributed by atoms with E-state index in [0.717, 1.165) is 24.2 Å². The van der Waals surface area contributed by atoms with Crippen LogP contribution >= 0.6 is 0 Å². The first-order valence-corrected chi connectivity index (χ1v) is 6.72. The number of hydrogen-bond donors (Lipinski definition) is 1. The number of aromatic carboxylic acids is 1. The molecule has 0 amide bonds. The van der Waals surface area contributed by atoms with Gasteiger partial charge in [0.25, 0.3) is 0 Å². The molecule has 0 atom stereocenters. The summed E-state index contributed by atoms with van der Waals surface area (Å²) in [6.07, 6.45) is 1.04. The van der Waals surface area contributed by atoms with E-state index in [1.165, 1.54) is 5.56 Å². The zero-order valence-corrected chi connectivity index (χ0v) is 11.8. The first-order chi connectivity index (χ1) is 9.60. The molecule has 0 fully saturated rings. The number of carbonyl (C=O) groups is 1. The smallest absolute Gasteiger partial charge is 0.335 e. The van der Waals surface area contributed by atoms with Gasteiger partial charge in [0, 0.05) is 19.3 Å². The minimum absolute atomic E-state index is 0.323. The first kappa shape index (κ1) is 14.1. The minimum Gasteiger partial charge on any atom is -0.478 e. The van der Waals surface area contributed by atoms with Crippen LogP contribution in [0.15, 0.2) is 48.5 Å². The van der Waals surface area contributed by atoms with Crippen LogP contribution in [0.25, 0.3) is 0 Å². The molecular weight excluding hydrogens is 250 g/mol. The average molecular weight is 269 g/mol. The number of hydrogen-bond acceptors (Lipinski definition) is 2. The largest absolute Gasteiger partial charge is 0.478 e. The van der Waals surface area contributed by atoms with Crippen LogP contribution in [0.4, 0.5) is 5.69 Å². The molecule has 104 valence electrons. The summed E-state index contributed by atoms with van der Waals surface area (Å²) < 4.78 is 0. The Hall–Kier alpha value is -2.29. The molecule has 0 aliphatic heterocycles. The highest BCUT2D eigenvalue weighted by Gasteiger charge is 2.05. The van der Waals surface area contributed by atoms with Crippen LogP contribution in [-0.4, -0.2) is 18.1 Å². The standard InChI is InChI=1S/C17H19NO2/c1-3-13-6-10-16(11-7-13)18(2)12-14-4-8-15(9-5-14)17(19)20/h4-11H,3,12H2,1-2H3,(H,19,20). The molecule has 3 heteroatoms. The van der Waals surface area contributed by atoms with Crippen LogP contribution in [-0.2, 0) is 13.0 Å². The number of anilines is 1. The van der Waals surface area contributed by atoms with E-state index < -0.39 is 5.97 Å². The molecule has 0 unspecified atom stereocenters. The lowest BCUT2D eigenvalue weighted by Crippen LogP contribution is -2.16. The van der Waals surface area contributed by atoms with Crippen LogP contribution in [0.1, 0.15) is 28.4 Å². The van der Waals surface area contributed by atoms with Gasteiger partial charge in [0.15, 0.2) is 0 Å². The van der Waals surface area contributed by atoms with Gasteiger partial charge in [0.2, 0.25) is 0 Å². The summed E-state index contributed by atoms with van der Waals surface area (Å²) in [5, 5.41) is 8.87. The molecule has 3 nitrogen and oxygen atoms in total. The predicted octanol–water partition coefficient (Wildman–Crippen LogP) is 3.58. The predicted molar refractivity (Wildman–Crippen MR) is 81.3 cm³/mol. The van der Waals surface area contributed by atoms with E-state index >= 15 is 0 Å². The van der Waals surface area contributed by atoms with Crippen molar-refractivity contribution in [2.24, 2.45) is 0 Å². The summed E-state index contributed by atoms with van der Waals surface area (Å²) in [7, 11) is 2.03. The number of benzene rings is 2. The number of rotatable bonds is 5. The van der Waals surface area contributed by atoms with Gasteiger partial charge in [-0.1, -0.05) is 31.2 Å². The molecule has 1 N–H and O–H groups in total. The molecule has 0 spiro atoms. The Morgan fingerprint density at radius 3 is 2.05 bits per heavy atom. The molecule has 2 rings (SSSR count). The van der Waals surface area contributed by atoms with Crippen molar-refractivity contribution in [1.29, 1.82) is 0 Å². The molecule has 0 saturated heterocycles. The Kier molecular flexibility index (Phi) is 4.41. The molecule has 0 bridgehead atoms. The van der Waals surface area contributed by atoms with Gasteiger partial charge < -0.3 is 10.0 Å². The Balaban J connectivity index is 2.06. The topological polar surface area (TPSA) is 40.5 Å². The molecule has 0 aliphatic rings. The highest BCUT2D eigenvalue weighted by Crippen LogP contribution is 2.17. The lowest BCUT2D eigenvalue weighted by Gasteiger charge is -2.19. The summed E-state index contributed by atoms with van der Waals surface area (Å²) in [4.78, 5) is 13.0. The van der Waals surface area contributed by atoms with E-state index in [1.807, 2.05) is 19.2 Å². The fourth-order valence-electron chi connectivity index (χ4n) is 2.10. The van der Waals surface area contributed by atoms with Gasteiger partial charge in [0.05, 0.1) is 5.56 Å². The van der Waals surface area contributed by atoms with Crippen molar-refractivity contribution >= 4 is 11.7 Å². The van der Waals surface area contributed by atoms with Crippen molar-refractivity contribution in [1.82, 2.24) is 0 Å². The third-order valence-corrected chi connectivity index (χ3v) is 3.41. The SMILES string of the molecule is CCc1ccc(N(C)Cc2ccc(C(=O)O)cc2)cc1. The second-order valence-corrected chi connectivity index (χ2v) is 4.88. The summed E-state index contributed by atoms with van der Waals surface area (Å²) in [6, 6.07) is 15.5. The third kappa shape index (κ3) is 3.38. The van der Waals surface area contributed by atoms with Crippen molar-refractivity contribution < 1.29 is 9.90 Å². The van der Waals surface area contributed by atoms with Gasteiger partial charge >= 0.3 is 5.97 Å². The van der Waals surface area contributed by atoms with Crippen LogP contribution in [0.3, 0.4) is 0 Å². The molecule has 0 aliphatic carbocycles. The van der Waals surface area contributed by atoms with Crippen LogP contribution < -0.4 is 4.90 Å².